The van der Waals surface area contributed by atoms with Crippen LogP contribution in [-0.2, 0) is 16.5 Å². The van der Waals surface area contributed by atoms with Crippen LogP contribution in [0.1, 0.15) is 52.4 Å². The molecule has 0 saturated heterocycles. The molecule has 0 aliphatic heterocycles. The van der Waals surface area contributed by atoms with Gasteiger partial charge in [-0.15, -0.1) is 0 Å². The number of ether oxygens (including phenoxy) is 2. The van der Waals surface area contributed by atoms with Crippen LogP contribution in [0.3, 0.4) is 0 Å². The third-order valence-electron chi connectivity index (χ3n) is 4.40. The first kappa shape index (κ1) is 22.7. The van der Waals surface area contributed by atoms with Crippen LogP contribution < -0.4 is 5.32 Å². The van der Waals surface area contributed by atoms with Gasteiger partial charge < -0.3 is 24.3 Å². The predicted molar refractivity (Wildman–Crippen MR) is 102 cm³/mol. The van der Waals surface area contributed by atoms with Crippen molar-refractivity contribution >= 4 is 17.8 Å². The molecule has 1 aromatic heterocycles. The fraction of sp³-hybridized carbons (Fsp3) is 0.632. The van der Waals surface area contributed by atoms with Gasteiger partial charge in [0.15, 0.2) is 5.78 Å². The molecule has 1 aromatic rings. The van der Waals surface area contributed by atoms with Gasteiger partial charge in [0.25, 0.3) is 0 Å². The lowest BCUT2D eigenvalue weighted by molar-refractivity contribution is 0.0588. The number of aromatic nitrogens is 1. The molecule has 0 spiro atoms. The van der Waals surface area contributed by atoms with Crippen LogP contribution in [0.2, 0.25) is 0 Å². The molecule has 2 amide bonds. The van der Waals surface area contributed by atoms with Gasteiger partial charge in [0, 0.05) is 44.6 Å². The van der Waals surface area contributed by atoms with E-state index >= 15 is 0 Å². The molecular formula is C19H31N3O5. The number of hydrogen-bond acceptors (Lipinski definition) is 5. The minimum absolute atomic E-state index is 0.0383. The molecule has 0 fully saturated rings. The van der Waals surface area contributed by atoms with Crippen molar-refractivity contribution in [2.75, 3.05) is 33.9 Å². The largest absolute Gasteiger partial charge is 0.464 e. The summed E-state index contributed by atoms with van der Waals surface area (Å²) in [6.07, 6.45) is 0.620. The van der Waals surface area contributed by atoms with Crippen molar-refractivity contribution in [3.05, 3.63) is 22.5 Å². The van der Waals surface area contributed by atoms with Crippen molar-refractivity contribution in [3.8, 4) is 0 Å². The number of urea groups is 1. The molecule has 1 heterocycles. The smallest absolute Gasteiger partial charge is 0.354 e. The van der Waals surface area contributed by atoms with E-state index in [9.17, 15) is 14.4 Å². The first-order valence-electron chi connectivity index (χ1n) is 8.97. The monoisotopic (exact) mass is 381 g/mol. The number of hydrogen-bond donors (Lipinski definition) is 1. The van der Waals surface area contributed by atoms with Crippen molar-refractivity contribution in [2.24, 2.45) is 7.05 Å². The standard InChI is InChI=1S/C19H31N3O5/c1-12(2)20-19(25)22(9-8-10-26-6)11-15(23)16-13(3)17(18(24)27-7)21(5)14(16)4/h12H,8-11H2,1-7H3,(H,20,25). The van der Waals surface area contributed by atoms with Gasteiger partial charge in [0.05, 0.1) is 13.7 Å². The molecule has 0 aliphatic rings. The van der Waals surface area contributed by atoms with Crippen molar-refractivity contribution in [1.29, 1.82) is 0 Å². The van der Waals surface area contributed by atoms with Crippen molar-refractivity contribution in [1.82, 2.24) is 14.8 Å². The highest BCUT2D eigenvalue weighted by atomic mass is 16.5. The number of nitrogens with zero attached hydrogens (tertiary/aromatic N) is 2. The molecule has 8 heteroatoms. The summed E-state index contributed by atoms with van der Waals surface area (Å²) in [6.45, 7) is 8.03. The maximum atomic E-state index is 13.0. The summed E-state index contributed by atoms with van der Waals surface area (Å²) in [5.74, 6) is -0.710. The summed E-state index contributed by atoms with van der Waals surface area (Å²) in [6, 6.07) is -0.336. The minimum atomic E-state index is -0.494. The fourth-order valence-electron chi connectivity index (χ4n) is 3.02. The highest BCUT2D eigenvalue weighted by molar-refractivity contribution is 6.04. The van der Waals surface area contributed by atoms with Gasteiger partial charge in [-0.25, -0.2) is 9.59 Å². The van der Waals surface area contributed by atoms with E-state index in [0.717, 1.165) is 0 Å². The van der Waals surface area contributed by atoms with Crippen LogP contribution in [-0.4, -0.2) is 67.2 Å². The van der Waals surface area contributed by atoms with E-state index in [0.29, 0.717) is 42.1 Å². The highest BCUT2D eigenvalue weighted by Crippen LogP contribution is 2.22. The normalized spacial score (nSPS) is 10.8. The van der Waals surface area contributed by atoms with E-state index in [-0.39, 0.29) is 24.4 Å². The topological polar surface area (TPSA) is 89.9 Å². The van der Waals surface area contributed by atoms with Gasteiger partial charge >= 0.3 is 12.0 Å². The zero-order valence-electron chi connectivity index (χ0n) is 17.3. The van der Waals surface area contributed by atoms with E-state index in [4.69, 9.17) is 9.47 Å². The maximum Gasteiger partial charge on any atom is 0.354 e. The number of carbonyl (C=O) groups excluding carboxylic acids is 3. The fourth-order valence-corrected chi connectivity index (χ4v) is 3.02. The van der Waals surface area contributed by atoms with Crippen LogP contribution in [0.5, 0.6) is 0 Å². The minimum Gasteiger partial charge on any atom is -0.464 e. The number of methoxy groups -OCH3 is 2. The zero-order chi connectivity index (χ0) is 20.7. The van der Waals surface area contributed by atoms with Gasteiger partial charge in [0.1, 0.15) is 5.69 Å². The Balaban J connectivity index is 3.10. The number of esters is 1. The Hall–Kier alpha value is -2.35. The van der Waals surface area contributed by atoms with Gasteiger partial charge in [-0.2, -0.15) is 0 Å². The first-order valence-corrected chi connectivity index (χ1v) is 8.97. The number of amides is 2. The Morgan fingerprint density at radius 3 is 2.33 bits per heavy atom. The zero-order valence-corrected chi connectivity index (χ0v) is 17.3. The summed E-state index contributed by atoms with van der Waals surface area (Å²) in [5.41, 5.74) is 2.02. The second-order valence-corrected chi connectivity index (χ2v) is 6.78. The molecule has 1 rings (SSSR count). The summed E-state index contributed by atoms with van der Waals surface area (Å²) in [7, 11) is 4.61. The van der Waals surface area contributed by atoms with Gasteiger partial charge in [0.2, 0.25) is 0 Å². The maximum absolute atomic E-state index is 13.0. The number of ketones is 1. The molecule has 27 heavy (non-hydrogen) atoms. The van der Waals surface area contributed by atoms with Gasteiger partial charge in [-0.3, -0.25) is 4.79 Å². The van der Waals surface area contributed by atoms with E-state index < -0.39 is 5.97 Å². The number of carbonyl (C=O) groups is 3. The van der Waals surface area contributed by atoms with E-state index in [2.05, 4.69) is 5.32 Å². The lowest BCUT2D eigenvalue weighted by Gasteiger charge is -2.24. The molecule has 0 saturated carbocycles. The van der Waals surface area contributed by atoms with Crippen LogP contribution in [0.4, 0.5) is 4.79 Å². The number of nitrogens with one attached hydrogen (secondary N) is 1. The molecule has 0 radical (unpaired) electrons. The molecule has 1 N–H and O–H groups in total. The number of rotatable bonds is 9. The number of Topliss-reactive ketones (excluding diaryl/α,β-unsaturated/α-hetero) is 1. The molecular weight excluding hydrogens is 350 g/mol. The highest BCUT2D eigenvalue weighted by Gasteiger charge is 2.27. The Labute approximate surface area is 160 Å². The summed E-state index contributed by atoms with van der Waals surface area (Å²) >= 11 is 0. The lowest BCUT2D eigenvalue weighted by atomic mass is 10.1. The first-order chi connectivity index (χ1) is 12.6. The van der Waals surface area contributed by atoms with E-state index in [1.54, 1.807) is 32.6 Å². The second-order valence-electron chi connectivity index (χ2n) is 6.78. The average Bonchev–Trinajstić information content (AvgIpc) is 2.82. The van der Waals surface area contributed by atoms with Gasteiger partial charge in [-0.05, 0) is 39.7 Å². The van der Waals surface area contributed by atoms with Crippen molar-refractivity contribution < 1.29 is 23.9 Å². The molecule has 0 unspecified atom stereocenters. The average molecular weight is 381 g/mol. The van der Waals surface area contributed by atoms with Crippen LogP contribution in [0.15, 0.2) is 0 Å². The molecule has 0 aliphatic carbocycles. The van der Waals surface area contributed by atoms with E-state index in [1.807, 2.05) is 13.8 Å². The summed E-state index contributed by atoms with van der Waals surface area (Å²) < 4.78 is 11.5. The molecule has 0 atom stereocenters. The van der Waals surface area contributed by atoms with Crippen LogP contribution >= 0.6 is 0 Å². The molecule has 0 aromatic carbocycles. The molecule has 152 valence electrons. The SMILES string of the molecule is COCCCN(CC(=O)c1c(C)c(C(=O)OC)n(C)c1C)C(=O)NC(C)C. The Kier molecular flexibility index (Phi) is 8.49. The Morgan fingerprint density at radius 1 is 1.19 bits per heavy atom. The summed E-state index contributed by atoms with van der Waals surface area (Å²) in [4.78, 5) is 38.9. The van der Waals surface area contributed by atoms with Crippen molar-refractivity contribution in [2.45, 2.75) is 40.2 Å². The predicted octanol–water partition coefficient (Wildman–Crippen LogP) is 2.07. The quantitative estimate of drug-likeness (QED) is 0.402. The van der Waals surface area contributed by atoms with E-state index in [1.165, 1.54) is 12.0 Å². The van der Waals surface area contributed by atoms with Crippen molar-refractivity contribution in [3.63, 3.8) is 0 Å². The third kappa shape index (κ3) is 5.56. The van der Waals surface area contributed by atoms with Crippen LogP contribution in [0.25, 0.3) is 0 Å². The molecule has 8 nitrogen and oxygen atoms in total. The lowest BCUT2D eigenvalue weighted by Crippen LogP contribution is -2.45. The third-order valence-corrected chi connectivity index (χ3v) is 4.40. The second kappa shape index (κ2) is 10.1. The summed E-state index contributed by atoms with van der Waals surface area (Å²) in [5, 5.41) is 2.81. The Morgan fingerprint density at radius 2 is 1.81 bits per heavy atom. The van der Waals surface area contributed by atoms with Gasteiger partial charge in [-0.1, -0.05) is 0 Å². The molecule has 0 bridgehead atoms. The van der Waals surface area contributed by atoms with Crippen LogP contribution in [0, 0.1) is 13.8 Å². The Bertz CT molecular complexity index is 694.